The normalized spacial score (nSPS) is 12.3. The molecule has 27 heavy (non-hydrogen) atoms. The zero-order chi connectivity index (χ0) is 19.9. The van der Waals surface area contributed by atoms with E-state index in [4.69, 9.17) is 4.74 Å². The van der Waals surface area contributed by atoms with Crippen LogP contribution in [0.4, 0.5) is 18.9 Å². The zero-order valence-corrected chi connectivity index (χ0v) is 15.3. The number of halogens is 3. The van der Waals surface area contributed by atoms with Gasteiger partial charge < -0.3 is 10.1 Å². The van der Waals surface area contributed by atoms with Gasteiger partial charge in [-0.3, -0.25) is 9.59 Å². The Balaban J connectivity index is 2.17. The van der Waals surface area contributed by atoms with Crippen molar-refractivity contribution in [3.63, 3.8) is 0 Å². The van der Waals surface area contributed by atoms with Crippen LogP contribution in [-0.2, 0) is 20.5 Å². The molecular weight excluding hydrogens is 379 g/mol. The number of alkyl halides is 3. The number of anilines is 1. The average Bonchev–Trinajstić information content (AvgIpc) is 2.62. The van der Waals surface area contributed by atoms with Crippen LogP contribution in [0.5, 0.6) is 0 Å². The number of thioether (sulfide) groups is 1. The van der Waals surface area contributed by atoms with Gasteiger partial charge in [0.1, 0.15) is 5.25 Å². The fourth-order valence-electron chi connectivity index (χ4n) is 2.29. The lowest BCUT2D eigenvalue weighted by Gasteiger charge is -2.17. The minimum absolute atomic E-state index is 0.0347. The molecule has 8 heteroatoms. The minimum atomic E-state index is -4.50. The second-order valence-electron chi connectivity index (χ2n) is 5.47. The monoisotopic (exact) mass is 397 g/mol. The maximum absolute atomic E-state index is 12.8. The van der Waals surface area contributed by atoms with E-state index in [9.17, 15) is 22.8 Å². The highest BCUT2D eigenvalue weighted by Gasteiger charge is 2.31. The summed E-state index contributed by atoms with van der Waals surface area (Å²) in [6.07, 6.45) is -4.50. The first-order valence-corrected chi connectivity index (χ1v) is 9.16. The Hall–Kier alpha value is -2.48. The minimum Gasteiger partial charge on any atom is -0.465 e. The van der Waals surface area contributed by atoms with Crippen molar-refractivity contribution in [1.29, 1.82) is 0 Å². The van der Waals surface area contributed by atoms with Crippen molar-refractivity contribution in [3.8, 4) is 0 Å². The summed E-state index contributed by atoms with van der Waals surface area (Å²) in [4.78, 5) is 24.3. The van der Waals surface area contributed by atoms with Crippen molar-refractivity contribution in [2.45, 2.75) is 18.3 Å². The molecular formula is C19H18F3NO3S. The quantitative estimate of drug-likeness (QED) is 0.689. The number of amides is 1. The molecule has 144 valence electrons. The standard InChI is InChI=1S/C19H18F3NO3S/c1-2-26-16(24)12-27-17(13-7-4-3-5-8-13)18(25)23-15-10-6-9-14(11-15)19(20,21)22/h3-11,17H,2,12H2,1H3,(H,23,25). The van der Waals surface area contributed by atoms with Crippen LogP contribution in [0.15, 0.2) is 54.6 Å². The SMILES string of the molecule is CCOC(=O)CSC(C(=O)Nc1cccc(C(F)(F)F)c1)c1ccccc1. The number of ether oxygens (including phenoxy) is 1. The van der Waals surface area contributed by atoms with E-state index in [1.807, 2.05) is 0 Å². The van der Waals surface area contributed by atoms with E-state index in [0.717, 1.165) is 23.9 Å². The summed E-state index contributed by atoms with van der Waals surface area (Å²) < 4.78 is 43.4. The van der Waals surface area contributed by atoms with Crippen molar-refractivity contribution in [1.82, 2.24) is 0 Å². The maximum Gasteiger partial charge on any atom is 0.416 e. The van der Waals surface area contributed by atoms with Gasteiger partial charge in [0, 0.05) is 5.69 Å². The van der Waals surface area contributed by atoms with Crippen molar-refractivity contribution in [2.24, 2.45) is 0 Å². The lowest BCUT2D eigenvalue weighted by molar-refractivity contribution is -0.140. The van der Waals surface area contributed by atoms with E-state index in [1.165, 1.54) is 12.1 Å². The number of esters is 1. The third-order valence-corrected chi connectivity index (χ3v) is 4.69. The van der Waals surface area contributed by atoms with Crippen LogP contribution in [0, 0.1) is 0 Å². The first-order chi connectivity index (χ1) is 12.8. The zero-order valence-electron chi connectivity index (χ0n) is 14.5. The fourth-order valence-corrected chi connectivity index (χ4v) is 3.23. The summed E-state index contributed by atoms with van der Waals surface area (Å²) >= 11 is 1.05. The predicted octanol–water partition coefficient (Wildman–Crippen LogP) is 4.68. The molecule has 1 unspecified atom stereocenters. The lowest BCUT2D eigenvalue weighted by Crippen LogP contribution is -2.21. The van der Waals surface area contributed by atoms with Gasteiger partial charge in [-0.1, -0.05) is 36.4 Å². The van der Waals surface area contributed by atoms with Gasteiger partial charge in [-0.25, -0.2) is 0 Å². The Morgan fingerprint density at radius 1 is 1.11 bits per heavy atom. The summed E-state index contributed by atoms with van der Waals surface area (Å²) in [6.45, 7) is 1.91. The van der Waals surface area contributed by atoms with Crippen molar-refractivity contribution < 1.29 is 27.5 Å². The summed E-state index contributed by atoms with van der Waals surface area (Å²) in [7, 11) is 0. The number of hydrogen-bond acceptors (Lipinski definition) is 4. The first-order valence-electron chi connectivity index (χ1n) is 8.11. The van der Waals surface area contributed by atoms with Crippen LogP contribution in [0.1, 0.15) is 23.3 Å². The Labute approximate surface area is 159 Å². The number of hydrogen-bond donors (Lipinski definition) is 1. The van der Waals surface area contributed by atoms with Crippen LogP contribution in [0.2, 0.25) is 0 Å². The highest BCUT2D eigenvalue weighted by atomic mass is 32.2. The molecule has 2 aromatic carbocycles. The van der Waals surface area contributed by atoms with E-state index >= 15 is 0 Å². The second kappa shape index (κ2) is 9.45. The molecule has 2 rings (SSSR count). The van der Waals surface area contributed by atoms with Crippen LogP contribution >= 0.6 is 11.8 Å². The molecule has 0 aliphatic carbocycles. The molecule has 0 radical (unpaired) electrons. The van der Waals surface area contributed by atoms with Gasteiger partial charge in [-0.15, -0.1) is 11.8 Å². The van der Waals surface area contributed by atoms with Gasteiger partial charge in [0.15, 0.2) is 0 Å². The molecule has 4 nitrogen and oxygen atoms in total. The third-order valence-electron chi connectivity index (χ3n) is 3.47. The molecule has 0 aliphatic rings. The number of carbonyl (C=O) groups is 2. The third kappa shape index (κ3) is 6.32. The molecule has 0 saturated heterocycles. The fraction of sp³-hybridized carbons (Fsp3) is 0.263. The molecule has 1 N–H and O–H groups in total. The van der Waals surface area contributed by atoms with Crippen LogP contribution in [0.3, 0.4) is 0 Å². The molecule has 1 amide bonds. The second-order valence-corrected chi connectivity index (χ2v) is 6.57. The highest BCUT2D eigenvalue weighted by Crippen LogP contribution is 2.33. The molecule has 0 aromatic heterocycles. The molecule has 0 fully saturated rings. The molecule has 0 spiro atoms. The Morgan fingerprint density at radius 2 is 1.81 bits per heavy atom. The average molecular weight is 397 g/mol. The van der Waals surface area contributed by atoms with E-state index in [0.29, 0.717) is 5.56 Å². The molecule has 0 heterocycles. The summed E-state index contributed by atoms with van der Waals surface area (Å²) in [6, 6.07) is 13.1. The largest absolute Gasteiger partial charge is 0.465 e. The van der Waals surface area contributed by atoms with E-state index in [1.54, 1.807) is 37.3 Å². The number of rotatable bonds is 7. The van der Waals surface area contributed by atoms with Gasteiger partial charge in [0.05, 0.1) is 17.9 Å². The van der Waals surface area contributed by atoms with Gasteiger partial charge in [-0.2, -0.15) is 13.2 Å². The van der Waals surface area contributed by atoms with Gasteiger partial charge in [0.25, 0.3) is 0 Å². The predicted molar refractivity (Wildman–Crippen MR) is 98.3 cm³/mol. The molecule has 0 saturated carbocycles. The lowest BCUT2D eigenvalue weighted by atomic mass is 10.1. The first kappa shape index (κ1) is 20.8. The van der Waals surface area contributed by atoms with Crippen LogP contribution in [-0.4, -0.2) is 24.2 Å². The van der Waals surface area contributed by atoms with Crippen LogP contribution < -0.4 is 5.32 Å². The van der Waals surface area contributed by atoms with E-state index in [-0.39, 0.29) is 18.0 Å². The molecule has 0 bridgehead atoms. The number of carbonyl (C=O) groups excluding carboxylic acids is 2. The molecule has 2 aromatic rings. The van der Waals surface area contributed by atoms with E-state index in [2.05, 4.69) is 5.32 Å². The molecule has 1 atom stereocenters. The van der Waals surface area contributed by atoms with Gasteiger partial charge in [-0.05, 0) is 30.7 Å². The molecule has 0 aliphatic heterocycles. The van der Waals surface area contributed by atoms with Crippen molar-refractivity contribution >= 4 is 29.3 Å². The summed E-state index contributed by atoms with van der Waals surface area (Å²) in [5, 5.41) is 1.72. The Morgan fingerprint density at radius 3 is 2.44 bits per heavy atom. The highest BCUT2D eigenvalue weighted by molar-refractivity contribution is 8.00. The summed E-state index contributed by atoms with van der Waals surface area (Å²) in [5.41, 5.74) is -0.181. The summed E-state index contributed by atoms with van der Waals surface area (Å²) in [5.74, 6) is -1.03. The van der Waals surface area contributed by atoms with Gasteiger partial charge in [0.2, 0.25) is 5.91 Å². The van der Waals surface area contributed by atoms with Crippen molar-refractivity contribution in [3.05, 3.63) is 65.7 Å². The maximum atomic E-state index is 12.8. The van der Waals surface area contributed by atoms with E-state index < -0.39 is 28.9 Å². The topological polar surface area (TPSA) is 55.4 Å². The number of nitrogens with one attached hydrogen (secondary N) is 1. The Kier molecular flexibility index (Phi) is 7.29. The smallest absolute Gasteiger partial charge is 0.416 e. The van der Waals surface area contributed by atoms with Crippen LogP contribution in [0.25, 0.3) is 0 Å². The van der Waals surface area contributed by atoms with Crippen molar-refractivity contribution in [2.75, 3.05) is 17.7 Å². The van der Waals surface area contributed by atoms with Gasteiger partial charge >= 0.3 is 12.1 Å². The number of benzene rings is 2. The Bertz CT molecular complexity index is 781.